The Kier molecular flexibility index (Phi) is 7.64. The molecule has 0 atom stereocenters. The van der Waals surface area contributed by atoms with Crippen molar-refractivity contribution in [2.75, 3.05) is 13.2 Å². The number of carbonyl (C=O) groups excluding carboxylic acids is 1. The van der Waals surface area contributed by atoms with Crippen molar-refractivity contribution in [3.63, 3.8) is 0 Å². The number of ether oxygens (including phenoxy) is 1. The molecule has 0 saturated heterocycles. The Bertz CT molecular complexity index is 252. The van der Waals surface area contributed by atoms with E-state index in [0.29, 0.717) is 6.61 Å². The Morgan fingerprint density at radius 3 is 2.40 bits per heavy atom. The molecular formula is C12H20O3. The van der Waals surface area contributed by atoms with E-state index in [2.05, 4.69) is 6.08 Å². The van der Waals surface area contributed by atoms with Crippen LogP contribution in [-0.4, -0.2) is 24.3 Å². The number of esters is 1. The van der Waals surface area contributed by atoms with Gasteiger partial charge in [0.15, 0.2) is 0 Å². The summed E-state index contributed by atoms with van der Waals surface area (Å²) in [5, 5.41) is 8.64. The molecule has 0 heterocycles. The van der Waals surface area contributed by atoms with Crippen LogP contribution in [-0.2, 0) is 9.53 Å². The lowest BCUT2D eigenvalue weighted by molar-refractivity contribution is -0.139. The molecule has 0 saturated carbocycles. The Morgan fingerprint density at radius 1 is 1.20 bits per heavy atom. The second-order valence-corrected chi connectivity index (χ2v) is 3.60. The summed E-state index contributed by atoms with van der Waals surface area (Å²) in [5.74, 6) is -0.251. The van der Waals surface area contributed by atoms with Crippen molar-refractivity contribution in [3.05, 3.63) is 23.3 Å². The monoisotopic (exact) mass is 212 g/mol. The average molecular weight is 212 g/mol. The molecule has 3 heteroatoms. The third-order valence-corrected chi connectivity index (χ3v) is 1.97. The van der Waals surface area contributed by atoms with Crippen LogP contribution in [0, 0.1) is 0 Å². The minimum atomic E-state index is -0.251. The molecule has 0 spiro atoms. The van der Waals surface area contributed by atoms with Crippen LogP contribution in [0.25, 0.3) is 0 Å². The molecule has 3 nitrogen and oxygen atoms in total. The fourth-order valence-electron chi connectivity index (χ4n) is 1.08. The molecule has 0 aliphatic rings. The summed E-state index contributed by atoms with van der Waals surface area (Å²) in [7, 11) is 0. The molecule has 0 bridgehead atoms. The smallest absolute Gasteiger partial charge is 0.302 e. The largest absolute Gasteiger partial charge is 0.461 e. The van der Waals surface area contributed by atoms with Gasteiger partial charge in [-0.25, -0.2) is 0 Å². The van der Waals surface area contributed by atoms with Crippen LogP contribution in [0.3, 0.4) is 0 Å². The van der Waals surface area contributed by atoms with Gasteiger partial charge in [0.05, 0.1) is 6.61 Å². The maximum absolute atomic E-state index is 10.5. The van der Waals surface area contributed by atoms with Crippen molar-refractivity contribution in [3.8, 4) is 0 Å². The van der Waals surface area contributed by atoms with Gasteiger partial charge in [0.2, 0.25) is 0 Å². The lowest BCUT2D eigenvalue weighted by atomic mass is 10.1. The zero-order valence-corrected chi connectivity index (χ0v) is 9.75. The lowest BCUT2D eigenvalue weighted by Gasteiger charge is -2.02. The Balaban J connectivity index is 3.76. The number of hydrogen-bond acceptors (Lipinski definition) is 3. The van der Waals surface area contributed by atoms with Crippen LogP contribution in [0.4, 0.5) is 0 Å². The molecule has 1 N–H and O–H groups in total. The lowest BCUT2D eigenvalue weighted by Crippen LogP contribution is -2.01. The molecule has 15 heavy (non-hydrogen) atoms. The molecule has 0 aromatic heterocycles. The first-order valence-electron chi connectivity index (χ1n) is 5.11. The summed E-state index contributed by atoms with van der Waals surface area (Å²) in [6.07, 6.45) is 5.69. The predicted octanol–water partition coefficient (Wildman–Crippen LogP) is 2.21. The topological polar surface area (TPSA) is 46.5 Å². The number of aliphatic hydroxyl groups is 1. The highest BCUT2D eigenvalue weighted by Gasteiger charge is 1.94. The number of rotatable bonds is 6. The van der Waals surface area contributed by atoms with Crippen LogP contribution >= 0.6 is 0 Å². The summed E-state index contributed by atoms with van der Waals surface area (Å²) < 4.78 is 4.85. The van der Waals surface area contributed by atoms with E-state index in [4.69, 9.17) is 9.84 Å². The third kappa shape index (κ3) is 9.22. The van der Waals surface area contributed by atoms with Crippen LogP contribution in [0.1, 0.15) is 33.6 Å². The van der Waals surface area contributed by atoms with Crippen molar-refractivity contribution >= 4 is 5.97 Å². The summed E-state index contributed by atoms with van der Waals surface area (Å²) in [4.78, 5) is 10.5. The second kappa shape index (κ2) is 8.24. The van der Waals surface area contributed by atoms with Crippen molar-refractivity contribution in [2.24, 2.45) is 0 Å². The maximum Gasteiger partial charge on any atom is 0.302 e. The Morgan fingerprint density at radius 2 is 1.87 bits per heavy atom. The van der Waals surface area contributed by atoms with Gasteiger partial charge in [-0.05, 0) is 32.3 Å². The molecule has 0 aliphatic carbocycles. The first-order valence-corrected chi connectivity index (χ1v) is 5.11. The van der Waals surface area contributed by atoms with Crippen LogP contribution < -0.4 is 0 Å². The standard InChI is InChI=1S/C12H20O3/c1-10(7-8-13)5-4-6-11(2)9-15-12(3)14/h6-7,13H,4-5,8-9H2,1-3H3/b10-7+,11-6+. The zero-order valence-electron chi connectivity index (χ0n) is 9.75. The van der Waals surface area contributed by atoms with Gasteiger partial charge < -0.3 is 9.84 Å². The molecule has 0 fully saturated rings. The summed E-state index contributed by atoms with van der Waals surface area (Å²) >= 11 is 0. The number of carbonyl (C=O) groups is 1. The van der Waals surface area contributed by atoms with Gasteiger partial charge in [0, 0.05) is 6.92 Å². The summed E-state index contributed by atoms with van der Waals surface area (Å²) in [6.45, 7) is 5.81. The molecule has 0 amide bonds. The molecule has 0 aromatic carbocycles. The molecule has 0 aromatic rings. The van der Waals surface area contributed by atoms with E-state index in [0.717, 1.165) is 18.4 Å². The highest BCUT2D eigenvalue weighted by Crippen LogP contribution is 2.06. The summed E-state index contributed by atoms with van der Waals surface area (Å²) in [5.41, 5.74) is 2.23. The zero-order chi connectivity index (χ0) is 11.7. The van der Waals surface area contributed by atoms with Crippen molar-refractivity contribution in [1.82, 2.24) is 0 Å². The van der Waals surface area contributed by atoms with E-state index in [1.807, 2.05) is 13.8 Å². The quantitative estimate of drug-likeness (QED) is 0.542. The van der Waals surface area contributed by atoms with Crippen molar-refractivity contribution in [2.45, 2.75) is 33.6 Å². The minimum Gasteiger partial charge on any atom is -0.461 e. The van der Waals surface area contributed by atoms with Gasteiger partial charge >= 0.3 is 5.97 Å². The number of aliphatic hydroxyl groups excluding tert-OH is 1. The minimum absolute atomic E-state index is 0.0992. The molecule has 0 unspecified atom stereocenters. The Hall–Kier alpha value is -1.09. The van der Waals surface area contributed by atoms with E-state index < -0.39 is 0 Å². The normalized spacial score (nSPS) is 12.8. The molecule has 0 rings (SSSR count). The van der Waals surface area contributed by atoms with Crippen molar-refractivity contribution in [1.29, 1.82) is 0 Å². The van der Waals surface area contributed by atoms with Gasteiger partial charge in [-0.1, -0.05) is 17.7 Å². The first kappa shape index (κ1) is 13.9. The molecular weight excluding hydrogens is 192 g/mol. The van der Waals surface area contributed by atoms with E-state index in [1.165, 1.54) is 12.5 Å². The van der Waals surface area contributed by atoms with Crippen molar-refractivity contribution < 1.29 is 14.6 Å². The van der Waals surface area contributed by atoms with E-state index >= 15 is 0 Å². The predicted molar refractivity (Wildman–Crippen MR) is 60.5 cm³/mol. The van der Waals surface area contributed by atoms with E-state index in [1.54, 1.807) is 6.08 Å². The van der Waals surface area contributed by atoms with Gasteiger partial charge in [-0.3, -0.25) is 4.79 Å². The highest BCUT2D eigenvalue weighted by molar-refractivity contribution is 5.66. The van der Waals surface area contributed by atoms with Crippen LogP contribution in [0.2, 0.25) is 0 Å². The van der Waals surface area contributed by atoms with Crippen LogP contribution in [0.5, 0.6) is 0 Å². The third-order valence-electron chi connectivity index (χ3n) is 1.97. The van der Waals surface area contributed by atoms with Gasteiger partial charge in [0.1, 0.15) is 6.61 Å². The van der Waals surface area contributed by atoms with E-state index in [-0.39, 0.29) is 12.6 Å². The van der Waals surface area contributed by atoms with Gasteiger partial charge in [-0.2, -0.15) is 0 Å². The first-order chi connectivity index (χ1) is 7.06. The maximum atomic E-state index is 10.5. The van der Waals surface area contributed by atoms with Crippen LogP contribution in [0.15, 0.2) is 23.3 Å². The SMILES string of the molecule is CC(=O)OC/C(C)=C/CC/C(C)=C/CO. The van der Waals surface area contributed by atoms with Gasteiger partial charge in [-0.15, -0.1) is 0 Å². The molecule has 0 aliphatic heterocycles. The van der Waals surface area contributed by atoms with Gasteiger partial charge in [0.25, 0.3) is 0 Å². The van der Waals surface area contributed by atoms with E-state index in [9.17, 15) is 4.79 Å². The number of allylic oxidation sites excluding steroid dienone is 2. The fraction of sp³-hybridized carbons (Fsp3) is 0.583. The highest BCUT2D eigenvalue weighted by atomic mass is 16.5. The Labute approximate surface area is 91.4 Å². The number of hydrogen-bond donors (Lipinski definition) is 1. The molecule has 0 radical (unpaired) electrons. The summed E-state index contributed by atoms with van der Waals surface area (Å²) in [6, 6.07) is 0. The average Bonchev–Trinajstić information content (AvgIpc) is 2.15. The fourth-order valence-corrected chi connectivity index (χ4v) is 1.08. The molecule has 86 valence electrons. The second-order valence-electron chi connectivity index (χ2n) is 3.60.